The predicted molar refractivity (Wildman–Crippen MR) is 118 cm³/mol. The van der Waals surface area contributed by atoms with Crippen molar-refractivity contribution < 1.29 is 9.59 Å². The van der Waals surface area contributed by atoms with E-state index in [-0.39, 0.29) is 24.3 Å². The number of aryl methyl sites for hydroxylation is 1. The molecule has 2 N–H and O–H groups in total. The molecule has 3 atom stereocenters. The molecular weight excluding hydrogens is 412 g/mol. The van der Waals surface area contributed by atoms with Crippen LogP contribution in [0, 0.1) is 30.1 Å². The second-order valence-corrected chi connectivity index (χ2v) is 8.94. The highest BCUT2D eigenvalue weighted by Crippen LogP contribution is 2.38. The molecule has 0 bridgehead atoms. The quantitative estimate of drug-likeness (QED) is 0.779. The Morgan fingerprint density at radius 3 is 2.45 bits per heavy atom. The number of nitriles is 1. The first-order valence-electron chi connectivity index (χ1n) is 10.4. The van der Waals surface area contributed by atoms with Gasteiger partial charge in [-0.15, -0.1) is 0 Å². The summed E-state index contributed by atoms with van der Waals surface area (Å²) in [6.07, 6.45) is 0.233. The highest BCUT2D eigenvalue weighted by Gasteiger charge is 2.44. The number of carbonyl (C=O) groups is 2. The van der Waals surface area contributed by atoms with Crippen molar-refractivity contribution in [3.63, 3.8) is 0 Å². The maximum absolute atomic E-state index is 13.0. The molecule has 31 heavy (non-hydrogen) atoms. The lowest BCUT2D eigenvalue weighted by atomic mass is 10.0. The van der Waals surface area contributed by atoms with E-state index < -0.39 is 0 Å². The first-order valence-corrected chi connectivity index (χ1v) is 10.8. The van der Waals surface area contributed by atoms with Crippen LogP contribution in [0.2, 0.25) is 5.02 Å². The van der Waals surface area contributed by atoms with E-state index in [4.69, 9.17) is 17.3 Å². The maximum atomic E-state index is 13.0. The van der Waals surface area contributed by atoms with Gasteiger partial charge in [0.05, 0.1) is 17.2 Å². The number of carbonyl (C=O) groups excluding carboxylic acids is 2. The Bertz CT molecular complexity index is 1050. The number of amides is 2. The summed E-state index contributed by atoms with van der Waals surface area (Å²) in [6.45, 7) is 4.83. The van der Waals surface area contributed by atoms with Crippen LogP contribution in [0.5, 0.6) is 0 Å². The van der Waals surface area contributed by atoms with Crippen LogP contribution in [0.15, 0.2) is 42.5 Å². The molecule has 2 saturated heterocycles. The zero-order chi connectivity index (χ0) is 22.1. The normalized spacial score (nSPS) is 21.5. The van der Waals surface area contributed by atoms with Crippen molar-refractivity contribution in [3.8, 4) is 6.07 Å². The zero-order valence-electron chi connectivity index (χ0n) is 17.4. The highest BCUT2D eigenvalue weighted by molar-refractivity contribution is 6.31. The van der Waals surface area contributed by atoms with Gasteiger partial charge in [0.1, 0.15) is 0 Å². The number of benzene rings is 2. The lowest BCUT2D eigenvalue weighted by Crippen LogP contribution is -2.36. The second-order valence-electron chi connectivity index (χ2n) is 8.54. The zero-order valence-corrected chi connectivity index (χ0v) is 18.2. The van der Waals surface area contributed by atoms with Gasteiger partial charge in [0.2, 0.25) is 5.91 Å². The van der Waals surface area contributed by atoms with E-state index in [9.17, 15) is 14.9 Å². The maximum Gasteiger partial charge on any atom is 0.255 e. The van der Waals surface area contributed by atoms with Gasteiger partial charge < -0.3 is 10.6 Å². The molecule has 2 aromatic rings. The van der Waals surface area contributed by atoms with Gasteiger partial charge in [-0.1, -0.05) is 35.9 Å². The molecular formula is C24H25ClN4O2. The van der Waals surface area contributed by atoms with Crippen LogP contribution < -0.4 is 5.73 Å². The van der Waals surface area contributed by atoms with Crippen molar-refractivity contribution in [1.29, 1.82) is 5.26 Å². The molecule has 2 aliphatic heterocycles. The number of likely N-dealkylation sites (tertiary alicyclic amines) is 2. The highest BCUT2D eigenvalue weighted by atomic mass is 35.5. The summed E-state index contributed by atoms with van der Waals surface area (Å²) < 4.78 is 0. The molecule has 4 rings (SSSR count). The van der Waals surface area contributed by atoms with Gasteiger partial charge in [0.25, 0.3) is 5.91 Å². The summed E-state index contributed by atoms with van der Waals surface area (Å²) >= 11 is 6.33. The topological polar surface area (TPSA) is 90.4 Å². The van der Waals surface area contributed by atoms with E-state index >= 15 is 0 Å². The van der Waals surface area contributed by atoms with Crippen LogP contribution in [0.3, 0.4) is 0 Å². The van der Waals surface area contributed by atoms with Gasteiger partial charge in [0, 0.05) is 43.7 Å². The van der Waals surface area contributed by atoms with Crippen LogP contribution in [-0.4, -0.2) is 47.8 Å². The SMILES string of the molecule is Cc1ccc(C(CC(N)=O)N2CC3CN(C(=O)c4ccccc4C#N)CC3C2)cc1Cl. The summed E-state index contributed by atoms with van der Waals surface area (Å²) in [4.78, 5) is 28.9. The predicted octanol–water partition coefficient (Wildman–Crippen LogP) is 3.14. The average Bonchev–Trinajstić information content (AvgIpc) is 3.32. The Morgan fingerprint density at radius 1 is 1.16 bits per heavy atom. The largest absolute Gasteiger partial charge is 0.370 e. The third-order valence-electron chi connectivity index (χ3n) is 6.50. The van der Waals surface area contributed by atoms with Gasteiger partial charge in [-0.25, -0.2) is 0 Å². The van der Waals surface area contributed by atoms with Crippen molar-refractivity contribution in [3.05, 3.63) is 69.7 Å². The molecule has 0 aliphatic carbocycles. The molecule has 2 fully saturated rings. The molecule has 3 unspecified atom stereocenters. The fourth-order valence-electron chi connectivity index (χ4n) is 4.85. The van der Waals surface area contributed by atoms with Gasteiger partial charge in [0.15, 0.2) is 0 Å². The number of rotatable bonds is 5. The molecule has 0 radical (unpaired) electrons. The Kier molecular flexibility index (Phi) is 5.99. The second kappa shape index (κ2) is 8.70. The third-order valence-corrected chi connectivity index (χ3v) is 6.90. The summed E-state index contributed by atoms with van der Waals surface area (Å²) in [5.74, 6) is 0.227. The van der Waals surface area contributed by atoms with Crippen molar-refractivity contribution >= 4 is 23.4 Å². The Hall–Kier alpha value is -2.88. The summed E-state index contributed by atoms with van der Waals surface area (Å²) in [5.41, 5.74) is 8.41. The molecule has 7 heteroatoms. The Labute approximate surface area is 187 Å². The van der Waals surface area contributed by atoms with E-state index in [0.29, 0.717) is 41.1 Å². The van der Waals surface area contributed by atoms with Crippen LogP contribution in [-0.2, 0) is 4.79 Å². The summed E-state index contributed by atoms with van der Waals surface area (Å²) in [6, 6.07) is 14.8. The molecule has 6 nitrogen and oxygen atoms in total. The van der Waals surface area contributed by atoms with Gasteiger partial charge >= 0.3 is 0 Å². The van der Waals surface area contributed by atoms with E-state index in [1.165, 1.54) is 0 Å². The number of hydrogen-bond donors (Lipinski definition) is 1. The van der Waals surface area contributed by atoms with Gasteiger partial charge in [-0.05, 0) is 48.1 Å². The first kappa shape index (κ1) is 21.4. The van der Waals surface area contributed by atoms with E-state index in [1.54, 1.807) is 24.3 Å². The molecule has 2 aromatic carbocycles. The standard InChI is InChI=1S/C24H25ClN4O2/c1-15-6-7-16(8-21(15)25)22(9-23(27)30)28-11-18-13-29(14-19(18)12-28)24(31)20-5-3-2-4-17(20)10-26/h2-8,18-19,22H,9,11-14H2,1H3,(H2,27,30). The minimum Gasteiger partial charge on any atom is -0.370 e. The number of primary amides is 1. The average molecular weight is 437 g/mol. The van der Waals surface area contributed by atoms with E-state index in [1.807, 2.05) is 30.0 Å². The molecule has 160 valence electrons. The Balaban J connectivity index is 1.48. The fraction of sp³-hybridized carbons (Fsp3) is 0.375. The van der Waals surface area contributed by atoms with Crippen LogP contribution in [0.1, 0.15) is 39.5 Å². The van der Waals surface area contributed by atoms with Crippen molar-refractivity contribution in [1.82, 2.24) is 9.80 Å². The van der Waals surface area contributed by atoms with Crippen molar-refractivity contribution in [2.45, 2.75) is 19.4 Å². The van der Waals surface area contributed by atoms with E-state index in [0.717, 1.165) is 24.2 Å². The fourth-order valence-corrected chi connectivity index (χ4v) is 5.04. The minimum atomic E-state index is -0.344. The third kappa shape index (κ3) is 4.30. The van der Waals surface area contributed by atoms with Gasteiger partial charge in [-0.3, -0.25) is 14.5 Å². The summed E-state index contributed by atoms with van der Waals surface area (Å²) in [5, 5.41) is 9.99. The molecule has 0 spiro atoms. The molecule has 0 saturated carbocycles. The number of hydrogen-bond acceptors (Lipinski definition) is 4. The Morgan fingerprint density at radius 2 is 1.84 bits per heavy atom. The molecule has 2 aliphatic rings. The minimum absolute atomic E-state index is 0.0860. The number of halogens is 1. The molecule has 0 aromatic heterocycles. The number of nitrogens with zero attached hydrogens (tertiary/aromatic N) is 3. The summed E-state index contributed by atoms with van der Waals surface area (Å²) in [7, 11) is 0. The van der Waals surface area contributed by atoms with Crippen molar-refractivity contribution in [2.75, 3.05) is 26.2 Å². The van der Waals surface area contributed by atoms with E-state index in [2.05, 4.69) is 11.0 Å². The smallest absolute Gasteiger partial charge is 0.255 e. The number of nitrogens with two attached hydrogens (primary N) is 1. The lowest BCUT2D eigenvalue weighted by molar-refractivity contribution is -0.119. The van der Waals surface area contributed by atoms with Crippen LogP contribution in [0.25, 0.3) is 0 Å². The lowest BCUT2D eigenvalue weighted by Gasteiger charge is -2.29. The van der Waals surface area contributed by atoms with Crippen LogP contribution >= 0.6 is 11.6 Å². The number of fused-ring (bicyclic) bond motifs is 1. The molecule has 2 amide bonds. The van der Waals surface area contributed by atoms with Crippen LogP contribution in [0.4, 0.5) is 0 Å². The van der Waals surface area contributed by atoms with Crippen molar-refractivity contribution in [2.24, 2.45) is 17.6 Å². The van der Waals surface area contributed by atoms with Gasteiger partial charge in [-0.2, -0.15) is 5.26 Å². The monoisotopic (exact) mass is 436 g/mol. The first-order chi connectivity index (χ1) is 14.9. The molecule has 2 heterocycles.